The van der Waals surface area contributed by atoms with Gasteiger partial charge < -0.3 is 42.9 Å². The quantitative estimate of drug-likeness (QED) is 0.0657. The lowest BCUT2D eigenvalue weighted by Crippen LogP contribution is -2.10. The molecule has 3 unspecified atom stereocenters. The summed E-state index contributed by atoms with van der Waals surface area (Å²) in [5.41, 5.74) is -8.05. The second-order valence-electron chi connectivity index (χ2n) is 6.20. The van der Waals surface area contributed by atoms with E-state index in [0.29, 0.717) is 0 Å². The number of rotatable bonds is 15. The second-order valence-corrected chi connectivity index (χ2v) is 14.5. The zero-order valence-corrected chi connectivity index (χ0v) is 23.8. The van der Waals surface area contributed by atoms with Gasteiger partial charge in [0.25, 0.3) is 17.2 Å². The first-order valence-corrected chi connectivity index (χ1v) is 17.5. The van der Waals surface area contributed by atoms with E-state index in [2.05, 4.69) is 26.5 Å². The number of hydrogen-bond donors (Lipinski definition) is 9. The van der Waals surface area contributed by atoms with Crippen molar-refractivity contribution in [3.05, 3.63) is 30.3 Å². The molecule has 0 saturated carbocycles. The molecule has 0 aliphatic heterocycles. The Morgan fingerprint density at radius 3 is 0.714 bits per heavy atom. The summed E-state index contributed by atoms with van der Waals surface area (Å²) < 4.78 is 90.0. The van der Waals surface area contributed by atoms with Crippen molar-refractivity contribution in [1.29, 1.82) is 0 Å². The van der Waals surface area contributed by atoms with Crippen molar-refractivity contribution in [3.63, 3.8) is 0 Å². The fourth-order valence-electron chi connectivity index (χ4n) is 2.20. The smallest absolute Gasteiger partial charge is 0.389 e. The van der Waals surface area contributed by atoms with Crippen LogP contribution in [0.1, 0.15) is 0 Å². The molecule has 3 atom stereocenters. The van der Waals surface area contributed by atoms with Crippen molar-refractivity contribution in [2.24, 2.45) is 0 Å². The van der Waals surface area contributed by atoms with Gasteiger partial charge in [0, 0.05) is 0 Å². The van der Waals surface area contributed by atoms with Crippen LogP contribution in [0.4, 0.5) is 17.1 Å². The Hall–Kier alpha value is -2.28. The Balaban J connectivity index is 4.50. The fraction of sp³-hybridized carbons (Fsp3) is 0. The van der Waals surface area contributed by atoms with Gasteiger partial charge >= 0.3 is 64.0 Å². The van der Waals surface area contributed by atoms with E-state index in [1.54, 1.807) is 0 Å². The van der Waals surface area contributed by atoms with Crippen LogP contribution in [0, 0.1) is 30.3 Å². The molecule has 0 aromatic heterocycles. The van der Waals surface area contributed by atoms with Gasteiger partial charge in [0.15, 0.2) is 0 Å². The first-order chi connectivity index (χ1) is 18.4. The highest BCUT2D eigenvalue weighted by molar-refractivity contribution is 7.61. The van der Waals surface area contributed by atoms with E-state index < -0.39 is 96.0 Å². The molecule has 0 amide bonds. The second kappa shape index (κ2) is 12.4. The number of phosphoric acid groups is 6. The van der Waals surface area contributed by atoms with Gasteiger partial charge in [-0.15, -0.1) is 0 Å². The van der Waals surface area contributed by atoms with Crippen molar-refractivity contribution in [2.45, 2.75) is 0 Å². The van der Waals surface area contributed by atoms with E-state index in [4.69, 9.17) is 29.4 Å². The van der Waals surface area contributed by atoms with Gasteiger partial charge in [-0.05, 0) is 0 Å². The van der Waals surface area contributed by atoms with Gasteiger partial charge in [0.1, 0.15) is 0 Å². The number of nitrogens with zero attached hydrogens (tertiary/aromatic N) is 3. The van der Waals surface area contributed by atoms with Gasteiger partial charge in [-0.3, -0.25) is 45.0 Å². The first kappa shape index (κ1) is 37.7. The Morgan fingerprint density at radius 1 is 0.429 bits per heavy atom. The van der Waals surface area contributed by atoms with Crippen LogP contribution in [0.25, 0.3) is 0 Å². The molecule has 0 heterocycles. The van der Waals surface area contributed by atoms with Crippen molar-refractivity contribution in [3.8, 4) is 17.2 Å². The Labute approximate surface area is 225 Å². The number of nitro benzene ring substituents is 3. The highest BCUT2D eigenvalue weighted by Gasteiger charge is 2.53. The number of phosphoric ester groups is 3. The zero-order valence-electron chi connectivity index (χ0n) is 18.4. The molecule has 0 aliphatic carbocycles. The predicted octanol–water partition coefficient (Wildman–Crippen LogP) is 0.177. The molecule has 1 aromatic rings. The third-order valence-electron chi connectivity index (χ3n) is 3.09. The van der Waals surface area contributed by atoms with Crippen molar-refractivity contribution in [1.82, 2.24) is 0 Å². The molecule has 0 aliphatic rings. The van der Waals surface area contributed by atoms with Gasteiger partial charge in [0.05, 0.1) is 14.8 Å². The minimum atomic E-state index is -6.64. The summed E-state index contributed by atoms with van der Waals surface area (Å²) in [6, 6.07) is 0. The van der Waals surface area contributed by atoms with Crippen LogP contribution in [0.15, 0.2) is 0 Å². The summed E-state index contributed by atoms with van der Waals surface area (Å²) >= 11 is 0. The zero-order chi connectivity index (χ0) is 33.4. The average molecular weight is 741 g/mol. The first-order valence-electron chi connectivity index (χ1n) is 8.42. The molecule has 1 rings (SSSR count). The minimum absolute atomic E-state index is 2.17. The van der Waals surface area contributed by atoms with Gasteiger partial charge in [-0.25, -0.2) is 27.4 Å². The van der Waals surface area contributed by atoms with Crippen molar-refractivity contribution >= 4 is 64.0 Å². The molecule has 36 heteroatoms. The van der Waals surface area contributed by atoms with E-state index in [1.165, 1.54) is 0 Å². The molecule has 30 nitrogen and oxygen atoms in total. The highest BCUT2D eigenvalue weighted by Crippen LogP contribution is 2.69. The van der Waals surface area contributed by atoms with Gasteiger partial charge in [0.2, 0.25) is 0 Å². The van der Waals surface area contributed by atoms with Crippen LogP contribution in [-0.4, -0.2) is 58.8 Å². The molecular formula is C6H9N3O27P6. The largest absolute Gasteiger partial charge is 0.536 e. The molecule has 0 spiro atoms. The van der Waals surface area contributed by atoms with Crippen LogP contribution in [0.5, 0.6) is 17.2 Å². The lowest BCUT2D eigenvalue weighted by molar-refractivity contribution is -0.405. The summed E-state index contributed by atoms with van der Waals surface area (Å²) in [6.45, 7) is 0. The van der Waals surface area contributed by atoms with E-state index in [-0.39, 0.29) is 0 Å². The van der Waals surface area contributed by atoms with Crippen LogP contribution in [0.3, 0.4) is 0 Å². The predicted molar refractivity (Wildman–Crippen MR) is 117 cm³/mol. The Kier molecular flexibility index (Phi) is 11.1. The van der Waals surface area contributed by atoms with Gasteiger partial charge in [-0.2, -0.15) is 12.9 Å². The van der Waals surface area contributed by atoms with Crippen LogP contribution in [-0.2, 0) is 40.3 Å². The Bertz CT molecular complexity index is 1390. The number of nitro groups is 3. The molecule has 42 heavy (non-hydrogen) atoms. The maximum atomic E-state index is 12.0. The fourth-order valence-corrected chi connectivity index (χ4v) is 7.04. The topological polar surface area (TPSA) is 469 Å². The van der Waals surface area contributed by atoms with E-state index in [1.807, 2.05) is 0 Å². The molecule has 9 N–H and O–H groups in total. The van der Waals surface area contributed by atoms with Gasteiger partial charge in [-0.1, -0.05) is 0 Å². The van der Waals surface area contributed by atoms with E-state index in [0.717, 1.165) is 0 Å². The maximum absolute atomic E-state index is 12.0. The summed E-state index contributed by atoms with van der Waals surface area (Å²) in [5, 5.41) is 35.1. The molecular weight excluding hydrogens is 732 g/mol. The molecule has 0 fully saturated rings. The van der Waals surface area contributed by atoms with E-state index in [9.17, 15) is 72.4 Å². The summed E-state index contributed by atoms with van der Waals surface area (Å²) in [6.07, 6.45) is 0. The molecule has 240 valence electrons. The minimum Gasteiger partial charge on any atom is -0.389 e. The maximum Gasteiger partial charge on any atom is 0.536 e. The van der Waals surface area contributed by atoms with Crippen LogP contribution < -0.4 is 13.6 Å². The summed E-state index contributed by atoms with van der Waals surface area (Å²) in [4.78, 5) is 109. The molecule has 0 bridgehead atoms. The lowest BCUT2D eigenvalue weighted by Gasteiger charge is -2.19. The Morgan fingerprint density at radius 2 is 0.595 bits per heavy atom. The van der Waals surface area contributed by atoms with Crippen molar-refractivity contribution in [2.75, 3.05) is 0 Å². The monoisotopic (exact) mass is 741 g/mol. The molecule has 0 saturated heterocycles. The SMILES string of the molecule is O=[N+]([O-])c1c(OP(=O)(O)OP(=O)(O)O)c([N+](=O)[O-])c(OP(=O)(O)OP(=O)(O)O)c([N+](=O)[O-])c1OP(=O)(O)OP(=O)(O)O. The lowest BCUT2D eigenvalue weighted by atomic mass is 10.2. The summed E-state index contributed by atoms with van der Waals surface area (Å²) in [5.74, 6) is -8.06. The van der Waals surface area contributed by atoms with Crippen LogP contribution >= 0.6 is 46.9 Å². The van der Waals surface area contributed by atoms with Crippen LogP contribution in [0.2, 0.25) is 0 Å². The van der Waals surface area contributed by atoms with Crippen molar-refractivity contribution < 1.29 is 113 Å². The third-order valence-corrected chi connectivity index (χ3v) is 9.36. The summed E-state index contributed by atoms with van der Waals surface area (Å²) in [7, 11) is -38.5. The standard InChI is InChI=1S/C6H9N3O27P6/c10-7(11)1-4(31-40(25,26)34-37(16,17)18)2(8(12)13)6(33-42(29,30)36-39(22,23)24)3(9(14)15)5(1)32-41(27,28)35-38(19,20)21/h(H,25,26)(H,27,28)(H,29,30)(H2,16,17,18)(H2,19,20,21)(H2,22,23,24). The average Bonchev–Trinajstić information content (AvgIpc) is 2.59. The molecule has 0 radical (unpaired) electrons. The number of benzene rings is 1. The highest BCUT2D eigenvalue weighted by atomic mass is 31.3. The number of hydrogen-bond acceptors (Lipinski definition) is 18. The third kappa shape index (κ3) is 11.4. The van der Waals surface area contributed by atoms with E-state index >= 15 is 0 Å². The molecule has 1 aromatic carbocycles. The normalized spacial score (nSPS) is 16.8.